The molecule has 0 amide bonds. The van der Waals surface area contributed by atoms with Crippen LogP contribution in [0, 0.1) is 22.2 Å². The van der Waals surface area contributed by atoms with Gasteiger partial charge >= 0.3 is 166 Å². The van der Waals surface area contributed by atoms with Crippen LogP contribution in [-0.2, 0) is 18.6 Å². The van der Waals surface area contributed by atoms with Gasteiger partial charge in [0.15, 0.2) is 0 Å². The van der Waals surface area contributed by atoms with Crippen LogP contribution < -0.4 is 10.9 Å². The van der Waals surface area contributed by atoms with Crippen LogP contribution in [0.3, 0.4) is 0 Å². The minimum absolute atomic E-state index is 0.0281. The van der Waals surface area contributed by atoms with Gasteiger partial charge in [-0.05, 0) is 0 Å². The molecule has 0 unspecified atom stereocenters. The molecular formula is C17H21B2N3O4Se. The normalized spacial score (nSPS) is 22.0. The summed E-state index contributed by atoms with van der Waals surface area (Å²) >= 11 is -0.262. The molecule has 0 spiro atoms. The van der Waals surface area contributed by atoms with Gasteiger partial charge in [0.2, 0.25) is 0 Å². The van der Waals surface area contributed by atoms with E-state index in [2.05, 4.69) is 41.7 Å². The molecule has 0 atom stereocenters. The molecule has 0 aliphatic carbocycles. The van der Waals surface area contributed by atoms with Crippen molar-refractivity contribution in [1.82, 2.24) is 7.96 Å². The Bertz CT molecular complexity index is 891. The molecular weight excluding hydrogens is 411 g/mol. The van der Waals surface area contributed by atoms with Crippen molar-refractivity contribution in [2.75, 3.05) is 26.4 Å². The third-order valence-corrected chi connectivity index (χ3v) is 5.83. The van der Waals surface area contributed by atoms with Gasteiger partial charge in [-0.3, -0.25) is 0 Å². The fourth-order valence-corrected chi connectivity index (χ4v) is 4.44. The van der Waals surface area contributed by atoms with Crippen LogP contribution in [0.4, 0.5) is 0 Å². The molecule has 140 valence electrons. The zero-order chi connectivity index (χ0) is 19.2. The van der Waals surface area contributed by atoms with E-state index in [-0.39, 0.29) is 25.8 Å². The Labute approximate surface area is 165 Å². The molecule has 1 aromatic carbocycles. The average molecular weight is 432 g/mol. The van der Waals surface area contributed by atoms with E-state index >= 15 is 0 Å². The quantitative estimate of drug-likeness (QED) is 0.623. The van der Waals surface area contributed by atoms with Gasteiger partial charge in [-0.15, -0.1) is 0 Å². The van der Waals surface area contributed by atoms with Gasteiger partial charge in [-0.25, -0.2) is 0 Å². The van der Waals surface area contributed by atoms with E-state index in [1.165, 1.54) is 0 Å². The molecule has 2 saturated heterocycles. The van der Waals surface area contributed by atoms with E-state index in [4.69, 9.17) is 18.6 Å². The monoisotopic (exact) mass is 433 g/mol. The Balaban J connectivity index is 1.73. The van der Waals surface area contributed by atoms with E-state index in [0.29, 0.717) is 43.0 Å². The number of rotatable bonds is 2. The summed E-state index contributed by atoms with van der Waals surface area (Å²) in [7, 11) is -1.14. The summed E-state index contributed by atoms with van der Waals surface area (Å²) in [5.41, 5.74) is 3.26. The second-order valence-corrected chi connectivity index (χ2v) is 9.85. The molecule has 0 bridgehead atoms. The van der Waals surface area contributed by atoms with Crippen LogP contribution in [0.1, 0.15) is 33.3 Å². The van der Waals surface area contributed by atoms with Gasteiger partial charge in [0, 0.05) is 0 Å². The fraction of sp³-hybridized carbons (Fsp3) is 0.588. The van der Waals surface area contributed by atoms with Crippen molar-refractivity contribution in [3.63, 3.8) is 0 Å². The number of aromatic nitrogens is 2. The van der Waals surface area contributed by atoms with E-state index in [1.54, 1.807) is 6.07 Å². The second-order valence-electron chi connectivity index (χ2n) is 8.74. The zero-order valence-corrected chi connectivity index (χ0v) is 17.7. The number of benzene rings is 1. The summed E-state index contributed by atoms with van der Waals surface area (Å²) in [6.07, 6.45) is 0. The summed E-state index contributed by atoms with van der Waals surface area (Å²) in [4.78, 5) is 0. The molecule has 7 nitrogen and oxygen atoms in total. The Morgan fingerprint density at radius 3 is 2.00 bits per heavy atom. The standard InChI is InChI=1S/C17H21B2N3O4Se/c1-16(2)7-23-18(24-8-16)12-5-11(6-20)13(15-14(12)21-27-22-15)19-25-9-17(3,4)10-26-19/h5H,7-10H2,1-4H3. The Kier molecular flexibility index (Phi) is 4.96. The molecule has 0 N–H and O–H groups in total. The Morgan fingerprint density at radius 1 is 0.926 bits per heavy atom. The minimum atomic E-state index is -0.601. The van der Waals surface area contributed by atoms with Gasteiger partial charge in [0.25, 0.3) is 0 Å². The third kappa shape index (κ3) is 3.73. The molecule has 0 radical (unpaired) electrons. The average Bonchev–Trinajstić information content (AvgIpc) is 3.10. The fourth-order valence-electron chi connectivity index (χ4n) is 3.23. The van der Waals surface area contributed by atoms with Crippen LogP contribution in [0.15, 0.2) is 6.07 Å². The maximum absolute atomic E-state index is 9.78. The first-order valence-electron chi connectivity index (χ1n) is 8.95. The second kappa shape index (κ2) is 7.00. The van der Waals surface area contributed by atoms with Crippen LogP contribution in [-0.4, -0.2) is 63.6 Å². The van der Waals surface area contributed by atoms with Crippen molar-refractivity contribution >= 4 is 51.2 Å². The topological polar surface area (TPSA) is 86.5 Å². The summed E-state index contributed by atoms with van der Waals surface area (Å²) in [5, 5.41) is 9.78. The molecule has 27 heavy (non-hydrogen) atoms. The van der Waals surface area contributed by atoms with Gasteiger partial charge < -0.3 is 0 Å². The number of hydrogen-bond donors (Lipinski definition) is 0. The summed E-state index contributed by atoms with van der Waals surface area (Å²) in [5.74, 6) is 0. The molecule has 4 rings (SSSR count). The zero-order valence-electron chi connectivity index (χ0n) is 15.9. The van der Waals surface area contributed by atoms with Crippen molar-refractivity contribution in [3.8, 4) is 6.07 Å². The summed E-state index contributed by atoms with van der Waals surface area (Å²) in [6, 6.07) is 4.07. The molecule has 1 aromatic heterocycles. The SMILES string of the molecule is CC1(C)COB(c2cc(C#N)c(B3OCC(C)(C)CO3)c3n[se]nc23)OC1. The molecule has 2 fully saturated rings. The summed E-state index contributed by atoms with van der Waals surface area (Å²) < 4.78 is 32.9. The van der Waals surface area contributed by atoms with Crippen LogP contribution in [0.25, 0.3) is 11.0 Å². The first kappa shape index (κ1) is 19.1. The van der Waals surface area contributed by atoms with Crippen molar-refractivity contribution in [2.45, 2.75) is 27.7 Å². The van der Waals surface area contributed by atoms with Gasteiger partial charge in [0.1, 0.15) is 0 Å². The molecule has 0 saturated carbocycles. The van der Waals surface area contributed by atoms with E-state index < -0.39 is 14.2 Å². The predicted molar refractivity (Wildman–Crippen MR) is 103 cm³/mol. The van der Waals surface area contributed by atoms with Gasteiger partial charge in [-0.2, -0.15) is 0 Å². The molecule has 10 heteroatoms. The van der Waals surface area contributed by atoms with Crippen molar-refractivity contribution in [2.24, 2.45) is 10.8 Å². The van der Waals surface area contributed by atoms with Crippen LogP contribution in [0.2, 0.25) is 0 Å². The van der Waals surface area contributed by atoms with E-state index in [9.17, 15) is 5.26 Å². The Hall–Kier alpha value is -1.20. The Morgan fingerprint density at radius 2 is 1.44 bits per heavy atom. The number of nitrogens with zero attached hydrogens (tertiary/aromatic N) is 3. The first-order valence-corrected chi connectivity index (χ1v) is 10.5. The van der Waals surface area contributed by atoms with Crippen molar-refractivity contribution < 1.29 is 18.6 Å². The van der Waals surface area contributed by atoms with Crippen LogP contribution >= 0.6 is 0 Å². The van der Waals surface area contributed by atoms with Crippen molar-refractivity contribution in [3.05, 3.63) is 11.6 Å². The number of hydrogen-bond acceptors (Lipinski definition) is 7. The molecule has 2 aliphatic rings. The van der Waals surface area contributed by atoms with Gasteiger partial charge in [0.05, 0.1) is 0 Å². The summed E-state index contributed by atoms with van der Waals surface area (Å²) in [6.45, 7) is 10.7. The molecule has 2 aromatic rings. The first-order chi connectivity index (χ1) is 12.8. The molecule has 3 heterocycles. The van der Waals surface area contributed by atoms with Gasteiger partial charge in [-0.1, -0.05) is 0 Å². The third-order valence-electron chi connectivity index (χ3n) is 4.72. The van der Waals surface area contributed by atoms with E-state index in [1.807, 2.05) is 0 Å². The number of nitriles is 1. The molecule has 2 aliphatic heterocycles. The maximum atomic E-state index is 9.78. The van der Waals surface area contributed by atoms with E-state index in [0.717, 1.165) is 11.0 Å². The number of fused-ring (bicyclic) bond motifs is 1. The van der Waals surface area contributed by atoms with Crippen LogP contribution in [0.5, 0.6) is 0 Å². The predicted octanol–water partition coefficient (Wildman–Crippen LogP) is 0.0949. The van der Waals surface area contributed by atoms with Crippen molar-refractivity contribution in [1.29, 1.82) is 5.26 Å².